The number of carbonyl (C=O) groups is 2. The summed E-state index contributed by atoms with van der Waals surface area (Å²) in [6, 6.07) is 15.4. The van der Waals surface area contributed by atoms with Gasteiger partial charge in [-0.05, 0) is 42.7 Å². The molecule has 1 amide bonds. The number of aryl methyl sites for hydroxylation is 1. The monoisotopic (exact) mass is 401 g/mol. The molecule has 0 aliphatic carbocycles. The van der Waals surface area contributed by atoms with Crippen LogP contribution >= 0.6 is 15.9 Å². The van der Waals surface area contributed by atoms with E-state index in [0.29, 0.717) is 6.54 Å². The fraction of sp³-hybridized carbons (Fsp3) is 0.200. The van der Waals surface area contributed by atoms with Gasteiger partial charge in [0.1, 0.15) is 0 Å². The third-order valence-electron chi connectivity index (χ3n) is 3.53. The summed E-state index contributed by atoms with van der Waals surface area (Å²) in [5.41, 5.74) is 2.97. The van der Waals surface area contributed by atoms with E-state index in [2.05, 4.69) is 21.2 Å². The topological polar surface area (TPSA) is 55.4 Å². The van der Waals surface area contributed by atoms with Gasteiger partial charge in [0.25, 0.3) is 5.91 Å². The highest BCUT2D eigenvalue weighted by molar-refractivity contribution is 9.10. The van der Waals surface area contributed by atoms with E-state index in [1.807, 2.05) is 55.5 Å². The number of halogens is 1. The number of esters is 1. The molecule has 2 aromatic rings. The van der Waals surface area contributed by atoms with Gasteiger partial charge in [0.15, 0.2) is 6.10 Å². The number of benzene rings is 2. The summed E-state index contributed by atoms with van der Waals surface area (Å²) in [6.45, 7) is 3.93. The van der Waals surface area contributed by atoms with Crippen LogP contribution in [0.1, 0.15) is 23.6 Å². The third-order valence-corrected chi connectivity index (χ3v) is 4.21. The van der Waals surface area contributed by atoms with E-state index in [4.69, 9.17) is 4.74 Å². The number of rotatable bonds is 6. The van der Waals surface area contributed by atoms with Crippen LogP contribution in [0.4, 0.5) is 0 Å². The first-order chi connectivity index (χ1) is 12.0. The van der Waals surface area contributed by atoms with Crippen molar-refractivity contribution in [1.29, 1.82) is 0 Å². The van der Waals surface area contributed by atoms with Crippen LogP contribution in [-0.2, 0) is 20.9 Å². The number of ether oxygens (including phenoxy) is 1. The summed E-state index contributed by atoms with van der Waals surface area (Å²) >= 11 is 3.45. The Labute approximate surface area is 156 Å². The van der Waals surface area contributed by atoms with E-state index in [-0.39, 0.29) is 5.91 Å². The van der Waals surface area contributed by atoms with Gasteiger partial charge < -0.3 is 10.1 Å². The van der Waals surface area contributed by atoms with Crippen molar-refractivity contribution in [2.45, 2.75) is 26.5 Å². The zero-order valence-electron chi connectivity index (χ0n) is 14.2. The summed E-state index contributed by atoms with van der Waals surface area (Å²) in [6.07, 6.45) is 2.11. The molecule has 0 aliphatic heterocycles. The molecular weight excluding hydrogens is 382 g/mol. The molecule has 0 aliphatic rings. The number of amides is 1. The van der Waals surface area contributed by atoms with Crippen molar-refractivity contribution < 1.29 is 14.3 Å². The van der Waals surface area contributed by atoms with Crippen LogP contribution in [0, 0.1) is 6.92 Å². The minimum absolute atomic E-state index is 0.331. The lowest BCUT2D eigenvalue weighted by Crippen LogP contribution is -2.35. The second-order valence-corrected chi connectivity index (χ2v) is 6.50. The molecule has 2 rings (SSSR count). The minimum atomic E-state index is -0.859. The molecule has 0 unspecified atom stereocenters. The van der Waals surface area contributed by atoms with Crippen molar-refractivity contribution in [3.8, 4) is 0 Å². The lowest BCUT2D eigenvalue weighted by atomic mass is 10.1. The molecule has 0 fully saturated rings. The van der Waals surface area contributed by atoms with E-state index in [1.165, 1.54) is 6.08 Å². The summed E-state index contributed by atoms with van der Waals surface area (Å²) < 4.78 is 6.03. The summed E-state index contributed by atoms with van der Waals surface area (Å²) in [7, 11) is 0. The van der Waals surface area contributed by atoms with Gasteiger partial charge in [-0.25, -0.2) is 4.79 Å². The van der Waals surface area contributed by atoms with Crippen LogP contribution in [0.25, 0.3) is 6.08 Å². The van der Waals surface area contributed by atoms with Crippen LogP contribution in [0.2, 0.25) is 0 Å². The van der Waals surface area contributed by atoms with Crippen LogP contribution in [0.5, 0.6) is 0 Å². The number of carbonyl (C=O) groups excluding carboxylic acids is 2. The van der Waals surface area contributed by atoms with Crippen molar-refractivity contribution in [1.82, 2.24) is 5.32 Å². The zero-order valence-corrected chi connectivity index (χ0v) is 15.7. The fourth-order valence-corrected chi connectivity index (χ4v) is 2.75. The molecule has 0 saturated heterocycles. The van der Waals surface area contributed by atoms with Gasteiger partial charge in [-0.15, -0.1) is 0 Å². The highest BCUT2D eigenvalue weighted by Crippen LogP contribution is 2.19. The second kappa shape index (κ2) is 9.18. The molecule has 0 aromatic heterocycles. The second-order valence-electron chi connectivity index (χ2n) is 5.64. The van der Waals surface area contributed by atoms with Crippen molar-refractivity contribution >= 4 is 33.9 Å². The Kier molecular flexibility index (Phi) is 6.95. The Hall–Kier alpha value is -2.40. The van der Waals surface area contributed by atoms with Gasteiger partial charge in [-0.2, -0.15) is 0 Å². The Balaban J connectivity index is 1.84. The van der Waals surface area contributed by atoms with Crippen LogP contribution < -0.4 is 5.32 Å². The Morgan fingerprint density at radius 3 is 2.60 bits per heavy atom. The van der Waals surface area contributed by atoms with Crippen molar-refractivity contribution in [3.63, 3.8) is 0 Å². The molecule has 0 spiro atoms. The fourth-order valence-electron chi connectivity index (χ4n) is 2.12. The lowest BCUT2D eigenvalue weighted by Gasteiger charge is -2.12. The molecule has 0 heterocycles. The maximum atomic E-state index is 12.0. The zero-order chi connectivity index (χ0) is 18.2. The molecule has 1 atom stereocenters. The van der Waals surface area contributed by atoms with E-state index in [1.54, 1.807) is 13.0 Å². The van der Waals surface area contributed by atoms with Crippen LogP contribution in [-0.4, -0.2) is 18.0 Å². The smallest absolute Gasteiger partial charge is 0.331 e. The van der Waals surface area contributed by atoms with E-state index in [9.17, 15) is 9.59 Å². The van der Waals surface area contributed by atoms with Gasteiger partial charge in [0.2, 0.25) is 0 Å². The molecule has 130 valence electrons. The maximum Gasteiger partial charge on any atom is 0.331 e. The van der Waals surface area contributed by atoms with Gasteiger partial charge in [-0.1, -0.05) is 58.4 Å². The van der Waals surface area contributed by atoms with Gasteiger partial charge in [-0.3, -0.25) is 4.79 Å². The predicted octanol–water partition coefficient (Wildman–Crippen LogP) is 4.02. The SMILES string of the molecule is Cc1ccc(/C=C/C(=O)O[C@@H](C)C(=O)NCc2ccccc2)c(Br)c1. The van der Waals surface area contributed by atoms with Gasteiger partial charge in [0, 0.05) is 17.1 Å². The average Bonchev–Trinajstić information content (AvgIpc) is 2.59. The molecule has 2 aromatic carbocycles. The number of hydrogen-bond acceptors (Lipinski definition) is 3. The molecule has 0 radical (unpaired) electrons. The highest BCUT2D eigenvalue weighted by Gasteiger charge is 2.16. The molecule has 1 N–H and O–H groups in total. The van der Waals surface area contributed by atoms with Crippen molar-refractivity contribution in [2.75, 3.05) is 0 Å². The van der Waals surface area contributed by atoms with Crippen molar-refractivity contribution in [2.24, 2.45) is 0 Å². The van der Waals surface area contributed by atoms with E-state index >= 15 is 0 Å². The molecule has 0 bridgehead atoms. The summed E-state index contributed by atoms with van der Waals surface area (Å²) in [4.78, 5) is 23.9. The van der Waals surface area contributed by atoms with Gasteiger partial charge in [0.05, 0.1) is 0 Å². The first-order valence-electron chi connectivity index (χ1n) is 7.92. The quantitative estimate of drug-likeness (QED) is 0.587. The third kappa shape index (κ3) is 6.19. The largest absolute Gasteiger partial charge is 0.449 e. The van der Waals surface area contributed by atoms with Gasteiger partial charge >= 0.3 is 5.97 Å². The molecule has 0 saturated carbocycles. The predicted molar refractivity (Wildman–Crippen MR) is 102 cm³/mol. The minimum Gasteiger partial charge on any atom is -0.449 e. The van der Waals surface area contributed by atoms with Crippen LogP contribution in [0.3, 0.4) is 0 Å². The van der Waals surface area contributed by atoms with Crippen LogP contribution in [0.15, 0.2) is 59.1 Å². The Morgan fingerprint density at radius 1 is 1.20 bits per heavy atom. The maximum absolute atomic E-state index is 12.0. The Bertz CT molecular complexity index is 772. The molecular formula is C20H20BrNO3. The summed E-state index contributed by atoms with van der Waals surface area (Å²) in [5.74, 6) is -0.892. The molecule has 5 heteroatoms. The first kappa shape index (κ1) is 18.9. The van der Waals surface area contributed by atoms with E-state index in [0.717, 1.165) is 21.2 Å². The normalized spacial score (nSPS) is 12.0. The molecule has 25 heavy (non-hydrogen) atoms. The standard InChI is InChI=1S/C20H20BrNO3/c1-14-8-9-17(18(21)12-14)10-11-19(23)25-15(2)20(24)22-13-16-6-4-3-5-7-16/h3-12,15H,13H2,1-2H3,(H,22,24)/b11-10+/t15-/m0/s1. The van der Waals surface area contributed by atoms with Crippen molar-refractivity contribution in [3.05, 3.63) is 75.8 Å². The average molecular weight is 402 g/mol. The summed E-state index contributed by atoms with van der Waals surface area (Å²) in [5, 5.41) is 2.75. The highest BCUT2D eigenvalue weighted by atomic mass is 79.9. The molecule has 4 nitrogen and oxygen atoms in total. The Morgan fingerprint density at radius 2 is 1.92 bits per heavy atom. The lowest BCUT2D eigenvalue weighted by molar-refractivity contribution is -0.150. The number of nitrogens with one attached hydrogen (secondary N) is 1. The number of hydrogen-bond donors (Lipinski definition) is 1. The van der Waals surface area contributed by atoms with E-state index < -0.39 is 12.1 Å². The first-order valence-corrected chi connectivity index (χ1v) is 8.71.